The van der Waals surface area contributed by atoms with Crippen molar-refractivity contribution >= 4 is 17.5 Å². The molecule has 1 fully saturated rings. The SMILES string of the molecule is CN(CCc1ccccc1)C1CCN(C(=O)c2ccc3c(c2)CC(=O)N3)CC1. The van der Waals surface area contributed by atoms with E-state index < -0.39 is 0 Å². The van der Waals surface area contributed by atoms with E-state index >= 15 is 0 Å². The van der Waals surface area contributed by atoms with Gasteiger partial charge < -0.3 is 15.1 Å². The van der Waals surface area contributed by atoms with E-state index in [1.54, 1.807) is 0 Å². The second-order valence-electron chi connectivity index (χ2n) is 7.84. The van der Waals surface area contributed by atoms with Crippen LogP contribution in [0.3, 0.4) is 0 Å². The molecular weight excluding hydrogens is 350 g/mol. The number of likely N-dealkylation sites (tertiary alicyclic amines) is 1. The number of benzene rings is 2. The van der Waals surface area contributed by atoms with Gasteiger partial charge in [-0.05, 0) is 55.6 Å². The molecule has 1 N–H and O–H groups in total. The quantitative estimate of drug-likeness (QED) is 0.872. The van der Waals surface area contributed by atoms with Crippen molar-refractivity contribution in [2.24, 2.45) is 0 Å². The van der Waals surface area contributed by atoms with Crippen molar-refractivity contribution < 1.29 is 9.59 Å². The Kier molecular flexibility index (Phi) is 5.44. The molecule has 2 heterocycles. The number of carbonyl (C=O) groups excluding carboxylic acids is 2. The number of nitrogens with zero attached hydrogens (tertiary/aromatic N) is 2. The average Bonchev–Trinajstić information content (AvgIpc) is 3.11. The predicted molar refractivity (Wildman–Crippen MR) is 110 cm³/mol. The van der Waals surface area contributed by atoms with Gasteiger partial charge in [0.15, 0.2) is 0 Å². The Morgan fingerprint density at radius 1 is 1.14 bits per heavy atom. The first-order valence-corrected chi connectivity index (χ1v) is 10.1. The molecule has 0 unspecified atom stereocenters. The molecule has 2 aromatic rings. The lowest BCUT2D eigenvalue weighted by Gasteiger charge is -2.37. The van der Waals surface area contributed by atoms with Gasteiger partial charge in [-0.3, -0.25) is 9.59 Å². The lowest BCUT2D eigenvalue weighted by atomic mass is 10.0. The van der Waals surface area contributed by atoms with Gasteiger partial charge in [-0.2, -0.15) is 0 Å². The molecule has 2 aliphatic rings. The highest BCUT2D eigenvalue weighted by molar-refractivity contribution is 6.01. The molecular formula is C23H27N3O2. The van der Waals surface area contributed by atoms with Gasteiger partial charge in [0, 0.05) is 36.9 Å². The first-order valence-electron chi connectivity index (χ1n) is 10.1. The van der Waals surface area contributed by atoms with Crippen molar-refractivity contribution in [3.05, 3.63) is 65.2 Å². The molecule has 2 amide bonds. The van der Waals surface area contributed by atoms with E-state index in [2.05, 4.69) is 47.6 Å². The van der Waals surface area contributed by atoms with Crippen LogP contribution in [-0.4, -0.2) is 54.3 Å². The Hall–Kier alpha value is -2.66. The van der Waals surface area contributed by atoms with Crippen LogP contribution >= 0.6 is 0 Å². The minimum Gasteiger partial charge on any atom is -0.339 e. The van der Waals surface area contributed by atoms with E-state index in [9.17, 15) is 9.59 Å². The molecule has 2 aromatic carbocycles. The molecule has 0 aromatic heterocycles. The molecule has 28 heavy (non-hydrogen) atoms. The van der Waals surface area contributed by atoms with Crippen LogP contribution in [0.5, 0.6) is 0 Å². The van der Waals surface area contributed by atoms with Gasteiger partial charge >= 0.3 is 0 Å². The van der Waals surface area contributed by atoms with Crippen LogP contribution in [0.1, 0.15) is 34.3 Å². The maximum atomic E-state index is 12.9. The summed E-state index contributed by atoms with van der Waals surface area (Å²) < 4.78 is 0. The Morgan fingerprint density at radius 3 is 2.64 bits per heavy atom. The molecule has 0 aliphatic carbocycles. The topological polar surface area (TPSA) is 52.7 Å². The number of amides is 2. The molecule has 0 spiro atoms. The number of carbonyl (C=O) groups is 2. The van der Waals surface area contributed by atoms with Gasteiger partial charge in [0.05, 0.1) is 6.42 Å². The highest BCUT2D eigenvalue weighted by Crippen LogP contribution is 2.25. The number of rotatable bonds is 5. The Balaban J connectivity index is 1.29. The highest BCUT2D eigenvalue weighted by Gasteiger charge is 2.27. The first-order chi connectivity index (χ1) is 13.6. The number of fused-ring (bicyclic) bond motifs is 1. The maximum Gasteiger partial charge on any atom is 0.253 e. The molecule has 0 saturated carbocycles. The van der Waals surface area contributed by atoms with E-state index in [1.807, 2.05) is 23.1 Å². The molecule has 5 heteroatoms. The van der Waals surface area contributed by atoms with Gasteiger partial charge in [0.1, 0.15) is 0 Å². The molecule has 4 rings (SSSR count). The number of likely N-dealkylation sites (N-methyl/N-ethyl adjacent to an activating group) is 1. The van der Waals surface area contributed by atoms with Gasteiger partial charge in [0.25, 0.3) is 5.91 Å². The highest BCUT2D eigenvalue weighted by atomic mass is 16.2. The number of hydrogen-bond donors (Lipinski definition) is 1. The number of anilines is 1. The van der Waals surface area contributed by atoms with Crippen LogP contribution < -0.4 is 5.32 Å². The summed E-state index contributed by atoms with van der Waals surface area (Å²) in [6.45, 7) is 2.61. The zero-order chi connectivity index (χ0) is 19.5. The predicted octanol–water partition coefficient (Wildman–Crippen LogP) is 2.96. The third-order valence-corrected chi connectivity index (χ3v) is 5.95. The third-order valence-electron chi connectivity index (χ3n) is 5.95. The minimum absolute atomic E-state index is 0.000969. The van der Waals surface area contributed by atoms with Gasteiger partial charge in [-0.25, -0.2) is 0 Å². The van der Waals surface area contributed by atoms with Gasteiger partial charge in [-0.15, -0.1) is 0 Å². The van der Waals surface area contributed by atoms with Crippen LogP contribution in [0.2, 0.25) is 0 Å². The van der Waals surface area contributed by atoms with Crippen molar-refractivity contribution in [2.75, 3.05) is 32.0 Å². The zero-order valence-electron chi connectivity index (χ0n) is 16.4. The molecule has 5 nitrogen and oxygen atoms in total. The normalized spacial score (nSPS) is 16.9. The minimum atomic E-state index is -0.000969. The van der Waals surface area contributed by atoms with Crippen LogP contribution in [-0.2, 0) is 17.6 Å². The summed E-state index contributed by atoms with van der Waals surface area (Å²) in [5.41, 5.74) is 3.81. The molecule has 2 aliphatic heterocycles. The second kappa shape index (κ2) is 8.15. The van der Waals surface area contributed by atoms with Crippen molar-refractivity contribution in [3.8, 4) is 0 Å². The summed E-state index contributed by atoms with van der Waals surface area (Å²) in [6, 6.07) is 16.6. The summed E-state index contributed by atoms with van der Waals surface area (Å²) in [6.07, 6.45) is 3.42. The van der Waals surface area contributed by atoms with Crippen molar-refractivity contribution in [1.29, 1.82) is 0 Å². The Labute approximate surface area is 166 Å². The Bertz CT molecular complexity index is 857. The zero-order valence-corrected chi connectivity index (χ0v) is 16.4. The van der Waals surface area contributed by atoms with Gasteiger partial charge in [0.2, 0.25) is 5.91 Å². The van der Waals surface area contributed by atoms with E-state index in [0.29, 0.717) is 18.0 Å². The van der Waals surface area contributed by atoms with Crippen LogP contribution in [0.25, 0.3) is 0 Å². The smallest absolute Gasteiger partial charge is 0.253 e. The largest absolute Gasteiger partial charge is 0.339 e. The van der Waals surface area contributed by atoms with Crippen LogP contribution in [0.4, 0.5) is 5.69 Å². The monoisotopic (exact) mass is 377 g/mol. The van der Waals surface area contributed by atoms with E-state index in [1.165, 1.54) is 5.56 Å². The number of piperidine rings is 1. The van der Waals surface area contributed by atoms with E-state index in [4.69, 9.17) is 0 Å². The van der Waals surface area contributed by atoms with Crippen molar-refractivity contribution in [2.45, 2.75) is 31.7 Å². The lowest BCUT2D eigenvalue weighted by Crippen LogP contribution is -2.46. The van der Waals surface area contributed by atoms with Gasteiger partial charge in [-0.1, -0.05) is 30.3 Å². The average molecular weight is 377 g/mol. The van der Waals surface area contributed by atoms with Crippen molar-refractivity contribution in [3.63, 3.8) is 0 Å². The summed E-state index contributed by atoms with van der Waals surface area (Å²) in [5, 5.41) is 2.82. The maximum absolute atomic E-state index is 12.9. The molecule has 1 saturated heterocycles. The second-order valence-corrected chi connectivity index (χ2v) is 7.84. The van der Waals surface area contributed by atoms with E-state index in [0.717, 1.165) is 50.1 Å². The molecule has 146 valence electrons. The standard InChI is InChI=1S/C23H27N3O2/c1-25(12-9-17-5-3-2-4-6-17)20-10-13-26(14-11-20)23(28)18-7-8-21-19(15-18)16-22(27)24-21/h2-8,15,20H,9-14,16H2,1H3,(H,24,27). The summed E-state index contributed by atoms with van der Waals surface area (Å²) in [5.74, 6) is 0.0755. The number of nitrogens with one attached hydrogen (secondary N) is 1. The van der Waals surface area contributed by atoms with E-state index in [-0.39, 0.29) is 11.8 Å². The fraction of sp³-hybridized carbons (Fsp3) is 0.391. The fourth-order valence-corrected chi connectivity index (χ4v) is 4.19. The fourth-order valence-electron chi connectivity index (χ4n) is 4.19. The van der Waals surface area contributed by atoms with Crippen LogP contribution in [0.15, 0.2) is 48.5 Å². The Morgan fingerprint density at radius 2 is 1.89 bits per heavy atom. The lowest BCUT2D eigenvalue weighted by molar-refractivity contribution is -0.115. The molecule has 0 atom stereocenters. The summed E-state index contributed by atoms with van der Waals surface area (Å²) >= 11 is 0. The first kappa shape index (κ1) is 18.7. The molecule has 0 radical (unpaired) electrons. The summed E-state index contributed by atoms with van der Waals surface area (Å²) in [4.78, 5) is 28.8. The third kappa shape index (κ3) is 4.09. The molecule has 0 bridgehead atoms. The number of hydrogen-bond acceptors (Lipinski definition) is 3. The summed E-state index contributed by atoms with van der Waals surface area (Å²) in [7, 11) is 2.19. The van der Waals surface area contributed by atoms with Crippen molar-refractivity contribution in [1.82, 2.24) is 9.80 Å². The van der Waals surface area contributed by atoms with Crippen LogP contribution in [0, 0.1) is 0 Å².